The molecule has 1 fully saturated rings. The highest BCUT2D eigenvalue weighted by atomic mass is 35.5. The van der Waals surface area contributed by atoms with Crippen LogP contribution in [0.1, 0.15) is 18.4 Å². The highest BCUT2D eigenvalue weighted by molar-refractivity contribution is 5.85. The summed E-state index contributed by atoms with van der Waals surface area (Å²) in [4.78, 5) is 15.4. The quantitative estimate of drug-likeness (QED) is 0.433. The minimum atomic E-state index is -0.390. The van der Waals surface area contributed by atoms with E-state index in [4.69, 9.17) is 4.74 Å². The molecule has 0 bridgehead atoms. The van der Waals surface area contributed by atoms with Crippen molar-refractivity contribution in [3.05, 3.63) is 33.9 Å². The van der Waals surface area contributed by atoms with Gasteiger partial charge in [0.1, 0.15) is 0 Å². The van der Waals surface area contributed by atoms with Crippen LogP contribution < -0.4 is 4.74 Å². The van der Waals surface area contributed by atoms with Crippen molar-refractivity contribution in [2.75, 3.05) is 46.4 Å². The first-order valence-electron chi connectivity index (χ1n) is 7.85. The second-order valence-electron chi connectivity index (χ2n) is 5.93. The fraction of sp³-hybridized carbons (Fsp3) is 0.625. The molecule has 1 aromatic rings. The normalized spacial score (nSPS) is 15.9. The SMILES string of the molecule is Cc1ccc([N+](=O)[O-])c(OCCCCN2CCN(C)CC2)c1.Cl. The van der Waals surface area contributed by atoms with E-state index >= 15 is 0 Å². The summed E-state index contributed by atoms with van der Waals surface area (Å²) in [6, 6.07) is 4.98. The van der Waals surface area contributed by atoms with E-state index in [0.29, 0.717) is 12.4 Å². The van der Waals surface area contributed by atoms with Gasteiger partial charge in [-0.3, -0.25) is 10.1 Å². The van der Waals surface area contributed by atoms with Crippen LogP contribution in [0, 0.1) is 17.0 Å². The van der Waals surface area contributed by atoms with Crippen molar-refractivity contribution < 1.29 is 9.66 Å². The molecule has 7 heteroatoms. The first-order valence-corrected chi connectivity index (χ1v) is 7.85. The molecule has 0 atom stereocenters. The summed E-state index contributed by atoms with van der Waals surface area (Å²) in [6.45, 7) is 8.02. The number of hydrogen-bond donors (Lipinski definition) is 0. The number of hydrogen-bond acceptors (Lipinski definition) is 5. The monoisotopic (exact) mass is 343 g/mol. The van der Waals surface area contributed by atoms with Gasteiger partial charge in [0.25, 0.3) is 0 Å². The van der Waals surface area contributed by atoms with Gasteiger partial charge in [0.05, 0.1) is 11.5 Å². The van der Waals surface area contributed by atoms with Gasteiger partial charge in [0, 0.05) is 32.2 Å². The predicted molar refractivity (Wildman–Crippen MR) is 93.7 cm³/mol. The lowest BCUT2D eigenvalue weighted by molar-refractivity contribution is -0.385. The second kappa shape index (κ2) is 9.70. The molecule has 6 nitrogen and oxygen atoms in total. The molecule has 1 aromatic carbocycles. The zero-order valence-electron chi connectivity index (χ0n) is 13.9. The third-order valence-electron chi connectivity index (χ3n) is 4.03. The lowest BCUT2D eigenvalue weighted by atomic mass is 10.2. The number of nitro benzene ring substituents is 1. The van der Waals surface area contributed by atoms with Gasteiger partial charge >= 0.3 is 5.69 Å². The van der Waals surface area contributed by atoms with E-state index in [9.17, 15) is 10.1 Å². The van der Waals surface area contributed by atoms with E-state index in [1.54, 1.807) is 12.1 Å². The smallest absolute Gasteiger partial charge is 0.310 e. The third kappa shape index (κ3) is 6.33. The van der Waals surface area contributed by atoms with Gasteiger partial charge in [0.2, 0.25) is 0 Å². The summed E-state index contributed by atoms with van der Waals surface area (Å²) < 4.78 is 5.62. The van der Waals surface area contributed by atoms with E-state index in [-0.39, 0.29) is 23.0 Å². The molecular formula is C16H26ClN3O3. The molecular weight excluding hydrogens is 318 g/mol. The number of benzene rings is 1. The zero-order chi connectivity index (χ0) is 15.9. The number of rotatable bonds is 7. The Bertz CT molecular complexity index is 505. The van der Waals surface area contributed by atoms with Crippen molar-refractivity contribution in [3.63, 3.8) is 0 Å². The van der Waals surface area contributed by atoms with Crippen molar-refractivity contribution in [3.8, 4) is 5.75 Å². The Morgan fingerprint density at radius 3 is 2.57 bits per heavy atom. The Morgan fingerprint density at radius 2 is 1.91 bits per heavy atom. The summed E-state index contributed by atoms with van der Waals surface area (Å²) in [5.41, 5.74) is 1.02. The van der Waals surface area contributed by atoms with E-state index < -0.39 is 0 Å². The Hall–Kier alpha value is -1.37. The van der Waals surface area contributed by atoms with Crippen molar-refractivity contribution in [2.45, 2.75) is 19.8 Å². The number of ether oxygens (including phenoxy) is 1. The lowest BCUT2D eigenvalue weighted by Crippen LogP contribution is -2.44. The molecule has 23 heavy (non-hydrogen) atoms. The number of nitro groups is 1. The molecule has 0 aromatic heterocycles. The molecule has 130 valence electrons. The number of nitrogens with zero attached hydrogens (tertiary/aromatic N) is 3. The number of unbranched alkanes of at least 4 members (excludes halogenated alkanes) is 1. The Morgan fingerprint density at radius 1 is 1.22 bits per heavy atom. The highest BCUT2D eigenvalue weighted by Gasteiger charge is 2.15. The third-order valence-corrected chi connectivity index (χ3v) is 4.03. The molecule has 1 saturated heterocycles. The Kier molecular flexibility index (Phi) is 8.30. The van der Waals surface area contributed by atoms with Gasteiger partial charge in [-0.15, -0.1) is 12.4 Å². The van der Waals surface area contributed by atoms with E-state index in [0.717, 1.165) is 51.1 Å². The average Bonchev–Trinajstić information content (AvgIpc) is 2.48. The van der Waals surface area contributed by atoms with E-state index in [1.807, 2.05) is 6.92 Å². The van der Waals surface area contributed by atoms with Crippen LogP contribution in [-0.2, 0) is 0 Å². The highest BCUT2D eigenvalue weighted by Crippen LogP contribution is 2.27. The van der Waals surface area contributed by atoms with Crippen molar-refractivity contribution in [2.24, 2.45) is 0 Å². The van der Waals surface area contributed by atoms with Crippen molar-refractivity contribution in [1.82, 2.24) is 9.80 Å². The van der Waals surface area contributed by atoms with E-state index in [2.05, 4.69) is 16.8 Å². The first-order chi connectivity index (χ1) is 10.6. The van der Waals surface area contributed by atoms with Gasteiger partial charge in [-0.05, 0) is 45.0 Å². The topological polar surface area (TPSA) is 58.9 Å². The predicted octanol–water partition coefficient (Wildman–Crippen LogP) is 2.73. The van der Waals surface area contributed by atoms with Gasteiger partial charge in [-0.1, -0.05) is 6.07 Å². The van der Waals surface area contributed by atoms with Crippen molar-refractivity contribution >= 4 is 18.1 Å². The lowest BCUT2D eigenvalue weighted by Gasteiger charge is -2.32. The molecule has 1 aliphatic rings. The number of halogens is 1. The summed E-state index contributed by atoms with van der Waals surface area (Å²) in [5, 5.41) is 11.0. The largest absolute Gasteiger partial charge is 0.487 e. The molecule has 0 spiro atoms. The van der Waals surface area contributed by atoms with Crippen LogP contribution in [0.5, 0.6) is 5.75 Å². The van der Waals surface area contributed by atoms with Crippen LogP contribution in [0.3, 0.4) is 0 Å². The molecule has 0 N–H and O–H groups in total. The van der Waals surface area contributed by atoms with Gasteiger partial charge in [-0.25, -0.2) is 0 Å². The number of aryl methyl sites for hydroxylation is 1. The second-order valence-corrected chi connectivity index (χ2v) is 5.93. The fourth-order valence-electron chi connectivity index (χ4n) is 2.58. The maximum Gasteiger partial charge on any atom is 0.310 e. The molecule has 0 saturated carbocycles. The van der Waals surface area contributed by atoms with Crippen LogP contribution in [0.4, 0.5) is 5.69 Å². The standard InChI is InChI=1S/C16H25N3O3.ClH/c1-14-5-6-15(19(20)21)16(13-14)22-12-4-3-7-18-10-8-17(2)9-11-18;/h5-6,13H,3-4,7-12H2,1-2H3;1H. The van der Waals surface area contributed by atoms with Crippen LogP contribution in [0.15, 0.2) is 18.2 Å². The first kappa shape index (κ1) is 19.7. The van der Waals surface area contributed by atoms with Crippen LogP contribution in [-0.4, -0.2) is 61.1 Å². The van der Waals surface area contributed by atoms with Crippen LogP contribution in [0.2, 0.25) is 0 Å². The summed E-state index contributed by atoms with van der Waals surface area (Å²) in [5.74, 6) is 0.379. The van der Waals surface area contributed by atoms with Gasteiger partial charge < -0.3 is 14.5 Å². The van der Waals surface area contributed by atoms with Crippen molar-refractivity contribution in [1.29, 1.82) is 0 Å². The Labute approximate surface area is 144 Å². The summed E-state index contributed by atoms with van der Waals surface area (Å²) in [7, 11) is 2.15. The minimum Gasteiger partial charge on any atom is -0.487 e. The zero-order valence-corrected chi connectivity index (χ0v) is 14.7. The summed E-state index contributed by atoms with van der Waals surface area (Å²) >= 11 is 0. The maximum absolute atomic E-state index is 11.0. The molecule has 0 amide bonds. The minimum absolute atomic E-state index is 0. The molecule has 1 heterocycles. The van der Waals surface area contributed by atoms with Gasteiger partial charge in [-0.2, -0.15) is 0 Å². The molecule has 2 rings (SSSR count). The van der Waals surface area contributed by atoms with E-state index in [1.165, 1.54) is 6.07 Å². The number of piperazine rings is 1. The maximum atomic E-state index is 11.0. The molecule has 0 unspecified atom stereocenters. The Balaban J connectivity index is 0.00000264. The number of likely N-dealkylation sites (N-methyl/N-ethyl adjacent to an activating group) is 1. The fourth-order valence-corrected chi connectivity index (χ4v) is 2.58. The average molecular weight is 344 g/mol. The summed E-state index contributed by atoms with van der Waals surface area (Å²) in [6.07, 6.45) is 1.97. The van der Waals surface area contributed by atoms with Crippen LogP contribution >= 0.6 is 12.4 Å². The molecule has 1 aliphatic heterocycles. The van der Waals surface area contributed by atoms with Crippen LogP contribution in [0.25, 0.3) is 0 Å². The molecule has 0 radical (unpaired) electrons. The van der Waals surface area contributed by atoms with Gasteiger partial charge in [0.15, 0.2) is 5.75 Å². The molecule has 0 aliphatic carbocycles.